The third-order valence-electron chi connectivity index (χ3n) is 3.45. The van der Waals surface area contributed by atoms with Gasteiger partial charge in [0.2, 0.25) is 5.91 Å². The van der Waals surface area contributed by atoms with Gasteiger partial charge in [-0.25, -0.2) is 0 Å². The number of carbonyl (C=O) groups excluding carboxylic acids is 1. The van der Waals surface area contributed by atoms with E-state index in [1.165, 1.54) is 5.56 Å². The second-order valence-corrected chi connectivity index (χ2v) is 5.11. The molecule has 1 heterocycles. The first-order chi connectivity index (χ1) is 9.66. The van der Waals surface area contributed by atoms with E-state index in [4.69, 9.17) is 4.42 Å². The van der Waals surface area contributed by atoms with Crippen LogP contribution in [0.25, 0.3) is 0 Å². The van der Waals surface area contributed by atoms with Crippen molar-refractivity contribution < 1.29 is 9.21 Å². The molecule has 1 N–H and O–H groups in total. The van der Waals surface area contributed by atoms with Gasteiger partial charge in [0.1, 0.15) is 5.76 Å². The Bertz CT molecular complexity index is 529. The number of furan rings is 1. The third-order valence-corrected chi connectivity index (χ3v) is 3.45. The summed E-state index contributed by atoms with van der Waals surface area (Å²) < 4.78 is 5.26. The van der Waals surface area contributed by atoms with Gasteiger partial charge in [0.05, 0.1) is 12.2 Å². The number of amides is 1. The zero-order valence-electron chi connectivity index (χ0n) is 12.1. The molecule has 0 saturated heterocycles. The van der Waals surface area contributed by atoms with Crippen LogP contribution in [-0.2, 0) is 11.2 Å². The van der Waals surface area contributed by atoms with Crippen LogP contribution < -0.4 is 5.32 Å². The Morgan fingerprint density at radius 3 is 2.65 bits per heavy atom. The van der Waals surface area contributed by atoms with Gasteiger partial charge in [0.15, 0.2) is 0 Å². The molecule has 1 amide bonds. The van der Waals surface area contributed by atoms with Crippen molar-refractivity contribution >= 4 is 5.91 Å². The second kappa shape index (κ2) is 6.94. The van der Waals surface area contributed by atoms with Crippen molar-refractivity contribution in [3.8, 4) is 0 Å². The van der Waals surface area contributed by atoms with E-state index >= 15 is 0 Å². The lowest BCUT2D eigenvalue weighted by molar-refractivity contribution is -0.122. The summed E-state index contributed by atoms with van der Waals surface area (Å²) in [6, 6.07) is 11.9. The van der Waals surface area contributed by atoms with Crippen molar-refractivity contribution in [2.24, 2.45) is 0 Å². The lowest BCUT2D eigenvalue weighted by Gasteiger charge is -2.12. The molecule has 0 spiro atoms. The molecule has 1 aromatic heterocycles. The summed E-state index contributed by atoms with van der Waals surface area (Å²) in [5.74, 6) is 0.929. The first kappa shape index (κ1) is 14.4. The van der Waals surface area contributed by atoms with E-state index in [1.54, 1.807) is 6.26 Å². The highest BCUT2D eigenvalue weighted by atomic mass is 16.3. The first-order valence-corrected chi connectivity index (χ1v) is 7.03. The van der Waals surface area contributed by atoms with Gasteiger partial charge in [0.25, 0.3) is 0 Å². The standard InChI is InChI=1S/C17H21NO2/c1-13-7-9-15(10-8-13)14(2)17(19)18-11-3-5-16-6-4-12-20-16/h4,6-10,12,14H,3,5,11H2,1-2H3,(H,18,19). The highest BCUT2D eigenvalue weighted by Gasteiger charge is 2.14. The zero-order chi connectivity index (χ0) is 14.4. The Kier molecular flexibility index (Phi) is 4.99. The maximum Gasteiger partial charge on any atom is 0.227 e. The molecule has 1 unspecified atom stereocenters. The first-order valence-electron chi connectivity index (χ1n) is 7.03. The van der Waals surface area contributed by atoms with Crippen molar-refractivity contribution in [3.05, 3.63) is 59.5 Å². The van der Waals surface area contributed by atoms with E-state index < -0.39 is 0 Å². The molecular weight excluding hydrogens is 250 g/mol. The number of nitrogens with one attached hydrogen (secondary N) is 1. The van der Waals surface area contributed by atoms with Crippen LogP contribution >= 0.6 is 0 Å². The van der Waals surface area contributed by atoms with E-state index in [1.807, 2.05) is 50.2 Å². The summed E-state index contributed by atoms with van der Waals surface area (Å²) >= 11 is 0. The highest BCUT2D eigenvalue weighted by Crippen LogP contribution is 2.15. The normalized spacial score (nSPS) is 12.1. The number of hydrogen-bond acceptors (Lipinski definition) is 2. The SMILES string of the molecule is Cc1ccc(C(C)C(=O)NCCCc2ccco2)cc1. The molecule has 0 bridgehead atoms. The number of carbonyl (C=O) groups is 1. The Morgan fingerprint density at radius 2 is 2.00 bits per heavy atom. The molecule has 2 rings (SSSR count). The molecule has 0 fully saturated rings. The van der Waals surface area contributed by atoms with Gasteiger partial charge in [-0.3, -0.25) is 4.79 Å². The summed E-state index contributed by atoms with van der Waals surface area (Å²) in [6.07, 6.45) is 3.42. The van der Waals surface area contributed by atoms with Gasteiger partial charge in [-0.15, -0.1) is 0 Å². The summed E-state index contributed by atoms with van der Waals surface area (Å²) in [5.41, 5.74) is 2.26. The number of rotatable bonds is 6. The Labute approximate surface area is 120 Å². The third kappa shape index (κ3) is 3.98. The fourth-order valence-electron chi connectivity index (χ4n) is 2.09. The minimum Gasteiger partial charge on any atom is -0.469 e. The molecule has 0 aliphatic rings. The average molecular weight is 271 g/mol. The van der Waals surface area contributed by atoms with Crippen LogP contribution in [0.1, 0.15) is 36.1 Å². The van der Waals surface area contributed by atoms with Gasteiger partial charge in [-0.05, 0) is 38.0 Å². The van der Waals surface area contributed by atoms with Gasteiger partial charge in [-0.1, -0.05) is 29.8 Å². The second-order valence-electron chi connectivity index (χ2n) is 5.11. The van der Waals surface area contributed by atoms with E-state index in [2.05, 4.69) is 5.32 Å². The van der Waals surface area contributed by atoms with Crippen LogP contribution in [0.15, 0.2) is 47.1 Å². The molecule has 1 aromatic carbocycles. The van der Waals surface area contributed by atoms with Crippen LogP contribution in [-0.4, -0.2) is 12.5 Å². The van der Waals surface area contributed by atoms with E-state index in [9.17, 15) is 4.79 Å². The summed E-state index contributed by atoms with van der Waals surface area (Å²) in [5, 5.41) is 2.98. The van der Waals surface area contributed by atoms with Crippen molar-refractivity contribution in [2.45, 2.75) is 32.6 Å². The maximum atomic E-state index is 12.1. The van der Waals surface area contributed by atoms with Crippen LogP contribution in [0.5, 0.6) is 0 Å². The van der Waals surface area contributed by atoms with Crippen molar-refractivity contribution in [1.29, 1.82) is 0 Å². The van der Waals surface area contributed by atoms with E-state index in [0.29, 0.717) is 6.54 Å². The lowest BCUT2D eigenvalue weighted by atomic mass is 9.99. The molecule has 106 valence electrons. The van der Waals surface area contributed by atoms with Crippen LogP contribution in [0.2, 0.25) is 0 Å². The van der Waals surface area contributed by atoms with Crippen LogP contribution in [0.3, 0.4) is 0 Å². The molecule has 20 heavy (non-hydrogen) atoms. The van der Waals surface area contributed by atoms with Crippen molar-refractivity contribution in [3.63, 3.8) is 0 Å². The quantitative estimate of drug-likeness (QED) is 0.818. The minimum absolute atomic E-state index is 0.0771. The summed E-state index contributed by atoms with van der Waals surface area (Å²) in [6.45, 7) is 4.66. The van der Waals surface area contributed by atoms with Gasteiger partial charge in [-0.2, -0.15) is 0 Å². The van der Waals surface area contributed by atoms with Gasteiger partial charge in [0, 0.05) is 13.0 Å². The molecule has 0 saturated carbocycles. The zero-order valence-corrected chi connectivity index (χ0v) is 12.1. The Morgan fingerprint density at radius 1 is 1.25 bits per heavy atom. The fourth-order valence-corrected chi connectivity index (χ4v) is 2.09. The Balaban J connectivity index is 1.75. The number of hydrogen-bond donors (Lipinski definition) is 1. The molecule has 2 aromatic rings. The van der Waals surface area contributed by atoms with Crippen LogP contribution in [0, 0.1) is 6.92 Å². The van der Waals surface area contributed by atoms with Gasteiger partial charge >= 0.3 is 0 Å². The number of benzene rings is 1. The summed E-state index contributed by atoms with van der Waals surface area (Å²) in [7, 11) is 0. The minimum atomic E-state index is -0.112. The molecule has 0 radical (unpaired) electrons. The molecular formula is C17H21NO2. The largest absolute Gasteiger partial charge is 0.469 e. The predicted molar refractivity (Wildman–Crippen MR) is 79.6 cm³/mol. The average Bonchev–Trinajstić information content (AvgIpc) is 2.96. The maximum absolute atomic E-state index is 12.1. The smallest absolute Gasteiger partial charge is 0.227 e. The molecule has 3 nitrogen and oxygen atoms in total. The monoisotopic (exact) mass is 271 g/mol. The Hall–Kier alpha value is -2.03. The van der Waals surface area contributed by atoms with E-state index in [0.717, 1.165) is 24.2 Å². The predicted octanol–water partition coefficient (Wildman–Crippen LogP) is 3.44. The van der Waals surface area contributed by atoms with E-state index in [-0.39, 0.29) is 11.8 Å². The van der Waals surface area contributed by atoms with Gasteiger partial charge < -0.3 is 9.73 Å². The van der Waals surface area contributed by atoms with Crippen molar-refractivity contribution in [2.75, 3.05) is 6.54 Å². The fraction of sp³-hybridized carbons (Fsp3) is 0.353. The molecule has 0 aliphatic carbocycles. The van der Waals surface area contributed by atoms with Crippen LogP contribution in [0.4, 0.5) is 0 Å². The molecule has 3 heteroatoms. The lowest BCUT2D eigenvalue weighted by Crippen LogP contribution is -2.29. The molecule has 1 atom stereocenters. The highest BCUT2D eigenvalue weighted by molar-refractivity contribution is 5.83. The summed E-state index contributed by atoms with van der Waals surface area (Å²) in [4.78, 5) is 12.1. The van der Waals surface area contributed by atoms with Crippen molar-refractivity contribution in [1.82, 2.24) is 5.32 Å². The number of aryl methyl sites for hydroxylation is 2. The molecule has 0 aliphatic heterocycles. The topological polar surface area (TPSA) is 42.2 Å².